The van der Waals surface area contributed by atoms with E-state index in [2.05, 4.69) is 20.8 Å². The van der Waals surface area contributed by atoms with Gasteiger partial charge in [0.05, 0.1) is 12.9 Å². The Morgan fingerprint density at radius 2 is 1.76 bits per heavy atom. The minimum atomic E-state index is -0.438. The molecule has 4 rings (SSSR count). The van der Waals surface area contributed by atoms with Crippen molar-refractivity contribution >= 4 is 23.7 Å². The molecule has 1 saturated carbocycles. The maximum Gasteiger partial charge on any atom is 0.321 e. The summed E-state index contributed by atoms with van der Waals surface area (Å²) in [6.45, 7) is 2.02. The maximum atomic E-state index is 12.4. The molecule has 172 valence electrons. The highest BCUT2D eigenvalue weighted by Crippen LogP contribution is 2.29. The molecule has 2 N–H and O–H groups in total. The van der Waals surface area contributed by atoms with Gasteiger partial charge in [-0.15, -0.1) is 10.2 Å². The molecule has 3 amide bonds. The van der Waals surface area contributed by atoms with Crippen molar-refractivity contribution in [1.29, 1.82) is 0 Å². The molecule has 0 radical (unpaired) electrons. The highest BCUT2D eigenvalue weighted by atomic mass is 32.2. The minimum absolute atomic E-state index is 0.0463. The molecule has 8 nitrogen and oxygen atoms in total. The lowest BCUT2D eigenvalue weighted by atomic mass is 10.2. The Morgan fingerprint density at radius 3 is 2.42 bits per heavy atom. The van der Waals surface area contributed by atoms with E-state index in [4.69, 9.17) is 4.74 Å². The van der Waals surface area contributed by atoms with Gasteiger partial charge in [0, 0.05) is 17.3 Å². The molecule has 2 aromatic carbocycles. The Hall–Kier alpha value is -3.33. The van der Waals surface area contributed by atoms with Gasteiger partial charge in [-0.1, -0.05) is 42.3 Å². The van der Waals surface area contributed by atoms with Gasteiger partial charge in [-0.3, -0.25) is 14.7 Å². The summed E-state index contributed by atoms with van der Waals surface area (Å²) in [5, 5.41) is 14.6. The van der Waals surface area contributed by atoms with Crippen LogP contribution < -0.4 is 15.4 Å². The van der Waals surface area contributed by atoms with Gasteiger partial charge in [-0.25, -0.2) is 4.79 Å². The number of thioether (sulfide) groups is 1. The van der Waals surface area contributed by atoms with Crippen LogP contribution in [-0.2, 0) is 4.79 Å². The molecule has 1 aromatic heterocycles. The number of nitrogens with one attached hydrogen (secondary N) is 2. The number of methoxy groups -OCH3 is 1. The zero-order chi connectivity index (χ0) is 23.2. The highest BCUT2D eigenvalue weighted by molar-refractivity contribution is 7.99. The van der Waals surface area contributed by atoms with Gasteiger partial charge in [-0.2, -0.15) is 0 Å². The number of carbonyl (C=O) groups is 2. The summed E-state index contributed by atoms with van der Waals surface area (Å²) in [4.78, 5) is 24.5. The van der Waals surface area contributed by atoms with Crippen LogP contribution in [0.3, 0.4) is 0 Å². The largest absolute Gasteiger partial charge is 0.497 e. The summed E-state index contributed by atoms with van der Waals surface area (Å²) in [6, 6.07) is 15.3. The van der Waals surface area contributed by atoms with Crippen molar-refractivity contribution in [3.63, 3.8) is 0 Å². The molecule has 0 aliphatic heterocycles. The van der Waals surface area contributed by atoms with E-state index >= 15 is 0 Å². The Bertz CT molecular complexity index is 1110. The molecule has 1 fully saturated rings. The average molecular weight is 466 g/mol. The lowest BCUT2D eigenvalue weighted by Crippen LogP contribution is -2.44. The molecule has 0 bridgehead atoms. The molecule has 0 spiro atoms. The van der Waals surface area contributed by atoms with Gasteiger partial charge in [0.15, 0.2) is 11.0 Å². The van der Waals surface area contributed by atoms with E-state index < -0.39 is 6.03 Å². The average Bonchev–Trinajstić information content (AvgIpc) is 3.48. The van der Waals surface area contributed by atoms with Crippen LogP contribution in [0.15, 0.2) is 53.7 Å². The van der Waals surface area contributed by atoms with Crippen molar-refractivity contribution in [2.24, 2.45) is 0 Å². The third kappa shape index (κ3) is 5.73. The zero-order valence-electron chi connectivity index (χ0n) is 18.7. The van der Waals surface area contributed by atoms with Crippen molar-refractivity contribution in [3.05, 3.63) is 54.1 Å². The molecular formula is C24H27N5O3S. The fourth-order valence-corrected chi connectivity index (χ4v) is 4.55. The number of carbonyl (C=O) groups excluding carboxylic acids is 2. The first-order chi connectivity index (χ1) is 16.0. The standard InChI is InChI=1S/C24H27N5O3S/c1-16-7-11-19(12-8-16)29-22(17-9-13-20(32-2)14-10-17)27-28-24(29)33-15-21(30)26-23(31)25-18-5-3-4-6-18/h7-14,18H,3-6,15H2,1-2H3,(H2,25,26,30,31). The predicted octanol–water partition coefficient (Wildman–Crippen LogP) is 4.11. The summed E-state index contributed by atoms with van der Waals surface area (Å²) in [5.74, 6) is 1.08. The summed E-state index contributed by atoms with van der Waals surface area (Å²) in [7, 11) is 1.62. The third-order valence-corrected chi connectivity index (χ3v) is 6.48. The van der Waals surface area contributed by atoms with Gasteiger partial charge in [0.2, 0.25) is 5.91 Å². The number of benzene rings is 2. The van der Waals surface area contributed by atoms with Gasteiger partial charge in [0.1, 0.15) is 5.75 Å². The van der Waals surface area contributed by atoms with E-state index in [1.165, 1.54) is 11.8 Å². The highest BCUT2D eigenvalue weighted by Gasteiger charge is 2.20. The van der Waals surface area contributed by atoms with Crippen molar-refractivity contribution in [2.75, 3.05) is 12.9 Å². The zero-order valence-corrected chi connectivity index (χ0v) is 19.5. The summed E-state index contributed by atoms with van der Waals surface area (Å²) in [5.41, 5.74) is 2.90. The molecule has 1 aliphatic rings. The number of nitrogens with zero attached hydrogens (tertiary/aromatic N) is 3. The Kier molecular flexibility index (Phi) is 7.29. The Morgan fingerprint density at radius 1 is 1.06 bits per heavy atom. The van der Waals surface area contributed by atoms with Crippen LogP contribution in [0.2, 0.25) is 0 Å². The normalized spacial score (nSPS) is 13.6. The monoisotopic (exact) mass is 465 g/mol. The van der Waals surface area contributed by atoms with Crippen LogP contribution in [0.25, 0.3) is 17.1 Å². The van der Waals surface area contributed by atoms with E-state index in [1.54, 1.807) is 7.11 Å². The number of aryl methyl sites for hydroxylation is 1. The van der Waals surface area contributed by atoms with Crippen LogP contribution in [0, 0.1) is 6.92 Å². The third-order valence-electron chi connectivity index (χ3n) is 5.55. The molecule has 0 saturated heterocycles. The van der Waals surface area contributed by atoms with Crippen LogP contribution in [0.5, 0.6) is 5.75 Å². The van der Waals surface area contributed by atoms with Crippen LogP contribution in [0.1, 0.15) is 31.2 Å². The first-order valence-corrected chi connectivity index (χ1v) is 11.9. The van der Waals surface area contributed by atoms with Gasteiger partial charge in [0.25, 0.3) is 0 Å². The quantitative estimate of drug-likeness (QED) is 0.510. The van der Waals surface area contributed by atoms with Crippen molar-refractivity contribution < 1.29 is 14.3 Å². The van der Waals surface area contributed by atoms with Gasteiger partial charge >= 0.3 is 6.03 Å². The number of imide groups is 1. The molecule has 33 heavy (non-hydrogen) atoms. The van der Waals surface area contributed by atoms with Crippen LogP contribution in [0.4, 0.5) is 4.79 Å². The fraction of sp³-hybridized carbons (Fsp3) is 0.333. The number of amides is 3. The second kappa shape index (κ2) is 10.5. The van der Waals surface area contributed by atoms with E-state index in [-0.39, 0.29) is 17.7 Å². The minimum Gasteiger partial charge on any atom is -0.497 e. The van der Waals surface area contributed by atoms with Crippen molar-refractivity contribution in [2.45, 2.75) is 43.8 Å². The van der Waals surface area contributed by atoms with E-state index in [0.29, 0.717) is 11.0 Å². The maximum absolute atomic E-state index is 12.4. The molecule has 0 unspecified atom stereocenters. The van der Waals surface area contributed by atoms with E-state index in [9.17, 15) is 9.59 Å². The number of aromatic nitrogens is 3. The first kappa shape index (κ1) is 22.8. The number of urea groups is 1. The SMILES string of the molecule is COc1ccc(-c2nnc(SCC(=O)NC(=O)NC3CCCC3)n2-c2ccc(C)cc2)cc1. The summed E-state index contributed by atoms with van der Waals surface area (Å²) < 4.78 is 7.17. The van der Waals surface area contributed by atoms with E-state index in [1.807, 2.05) is 60.0 Å². The molecule has 1 heterocycles. The first-order valence-electron chi connectivity index (χ1n) is 10.9. The number of hydrogen-bond donors (Lipinski definition) is 2. The molecule has 9 heteroatoms. The van der Waals surface area contributed by atoms with E-state index in [0.717, 1.165) is 48.2 Å². The second-order valence-electron chi connectivity index (χ2n) is 8.00. The molecule has 1 aliphatic carbocycles. The van der Waals surface area contributed by atoms with Gasteiger partial charge in [-0.05, 0) is 56.2 Å². The molecular weight excluding hydrogens is 438 g/mol. The summed E-state index contributed by atoms with van der Waals surface area (Å²) >= 11 is 1.23. The number of rotatable bonds is 7. The fourth-order valence-electron chi connectivity index (χ4n) is 3.80. The molecule has 3 aromatic rings. The Labute approximate surface area is 197 Å². The van der Waals surface area contributed by atoms with Crippen molar-refractivity contribution in [3.8, 4) is 22.8 Å². The number of hydrogen-bond acceptors (Lipinski definition) is 6. The lowest BCUT2D eigenvalue weighted by Gasteiger charge is -2.13. The summed E-state index contributed by atoms with van der Waals surface area (Å²) in [6.07, 6.45) is 4.15. The number of ether oxygens (including phenoxy) is 1. The van der Waals surface area contributed by atoms with Crippen molar-refractivity contribution in [1.82, 2.24) is 25.4 Å². The van der Waals surface area contributed by atoms with Crippen LogP contribution >= 0.6 is 11.8 Å². The van der Waals surface area contributed by atoms with Gasteiger partial charge < -0.3 is 10.1 Å². The van der Waals surface area contributed by atoms with Crippen LogP contribution in [-0.4, -0.2) is 45.6 Å². The topological polar surface area (TPSA) is 98.1 Å². The second-order valence-corrected chi connectivity index (χ2v) is 8.94. The Balaban J connectivity index is 1.51. The molecule has 0 atom stereocenters. The lowest BCUT2D eigenvalue weighted by molar-refractivity contribution is -0.117. The smallest absolute Gasteiger partial charge is 0.321 e. The predicted molar refractivity (Wildman–Crippen MR) is 128 cm³/mol.